The lowest BCUT2D eigenvalue weighted by molar-refractivity contribution is -0.120. The van der Waals surface area contributed by atoms with E-state index in [4.69, 9.17) is 10.5 Å². The van der Waals surface area contributed by atoms with E-state index in [1.165, 1.54) is 12.1 Å². The van der Waals surface area contributed by atoms with Gasteiger partial charge < -0.3 is 15.8 Å². The molecule has 8 heteroatoms. The Balaban J connectivity index is 2.31. The fourth-order valence-electron chi connectivity index (χ4n) is 1.77. The van der Waals surface area contributed by atoms with Crippen LogP contribution in [-0.2, 0) is 9.53 Å². The fraction of sp³-hybridized carbons (Fsp3) is 0.250. The third kappa shape index (κ3) is 2.92. The minimum Gasteiger partial charge on any atom is -0.370 e. The summed E-state index contributed by atoms with van der Waals surface area (Å²) in [5, 5.41) is 7.30. The molecule has 1 heterocycles. The Kier molecular flexibility index (Phi) is 4.28. The number of anilines is 1. The molecule has 2 rings (SSSR count). The van der Waals surface area contributed by atoms with Gasteiger partial charge in [-0.3, -0.25) is 24.6 Å². The van der Waals surface area contributed by atoms with Gasteiger partial charge in [0.2, 0.25) is 5.91 Å². The number of nitrogens with one attached hydrogen (secondary N) is 3. The monoisotopic (exact) mass is 278 g/mol. The van der Waals surface area contributed by atoms with Crippen molar-refractivity contribution in [2.75, 3.05) is 25.1 Å². The zero-order valence-corrected chi connectivity index (χ0v) is 10.6. The topological polar surface area (TPSA) is 130 Å². The summed E-state index contributed by atoms with van der Waals surface area (Å²) < 4.78 is 4.99. The van der Waals surface area contributed by atoms with Gasteiger partial charge in [-0.2, -0.15) is 0 Å². The summed E-state index contributed by atoms with van der Waals surface area (Å²) in [5.74, 6) is -0.425. The van der Waals surface area contributed by atoms with Gasteiger partial charge in [0, 0.05) is 6.54 Å². The predicted octanol–water partition coefficient (Wildman–Crippen LogP) is -0.870. The molecule has 0 saturated heterocycles. The van der Waals surface area contributed by atoms with Gasteiger partial charge in [-0.1, -0.05) is 6.07 Å². The van der Waals surface area contributed by atoms with Gasteiger partial charge in [0.15, 0.2) is 0 Å². The lowest BCUT2D eigenvalue weighted by atomic mass is 10.1. The Morgan fingerprint density at radius 1 is 1.25 bits per heavy atom. The molecule has 0 saturated carbocycles. The van der Waals surface area contributed by atoms with Crippen LogP contribution >= 0.6 is 0 Å². The number of carbonyl (C=O) groups excluding carboxylic acids is 1. The average Bonchev–Trinajstić information content (AvgIpc) is 2.43. The molecule has 0 fully saturated rings. The zero-order valence-electron chi connectivity index (χ0n) is 10.6. The molecule has 0 spiro atoms. The van der Waals surface area contributed by atoms with E-state index in [1.54, 1.807) is 6.07 Å². The average molecular weight is 278 g/mol. The second-order valence-electron chi connectivity index (χ2n) is 4.03. The molecule has 5 N–H and O–H groups in total. The molecular formula is C12H14N4O4. The van der Waals surface area contributed by atoms with E-state index in [0.717, 1.165) is 0 Å². The lowest BCUT2D eigenvalue weighted by Gasteiger charge is -2.07. The van der Waals surface area contributed by atoms with E-state index in [-0.39, 0.29) is 29.7 Å². The second-order valence-corrected chi connectivity index (χ2v) is 4.03. The van der Waals surface area contributed by atoms with Crippen molar-refractivity contribution in [2.45, 2.75) is 0 Å². The molecule has 0 aliphatic heterocycles. The summed E-state index contributed by atoms with van der Waals surface area (Å²) in [4.78, 5) is 35.0. The minimum atomic E-state index is -0.488. The van der Waals surface area contributed by atoms with Crippen molar-refractivity contribution in [1.82, 2.24) is 10.2 Å². The van der Waals surface area contributed by atoms with Crippen molar-refractivity contribution < 1.29 is 9.53 Å². The van der Waals surface area contributed by atoms with Gasteiger partial charge in [0.05, 0.1) is 23.1 Å². The van der Waals surface area contributed by atoms with Crippen molar-refractivity contribution in [2.24, 2.45) is 5.73 Å². The maximum absolute atomic E-state index is 11.8. The van der Waals surface area contributed by atoms with Crippen molar-refractivity contribution in [3.63, 3.8) is 0 Å². The first-order valence-electron chi connectivity index (χ1n) is 5.95. The van der Waals surface area contributed by atoms with Crippen molar-refractivity contribution in [3.05, 3.63) is 38.9 Å². The van der Waals surface area contributed by atoms with Crippen LogP contribution < -0.4 is 22.2 Å². The molecule has 2 aromatic rings. The number of carbonyl (C=O) groups is 1. The minimum absolute atomic E-state index is 0.128. The number of amides is 1. The van der Waals surface area contributed by atoms with Crippen LogP contribution in [0.25, 0.3) is 10.8 Å². The van der Waals surface area contributed by atoms with Crippen LogP contribution in [0.5, 0.6) is 0 Å². The number of H-pyrrole nitrogens is 2. The molecule has 106 valence electrons. The summed E-state index contributed by atoms with van der Waals surface area (Å²) in [7, 11) is 0. The van der Waals surface area contributed by atoms with E-state index < -0.39 is 17.0 Å². The molecule has 1 amide bonds. The van der Waals surface area contributed by atoms with Gasteiger partial charge in [-0.25, -0.2) is 0 Å². The number of benzene rings is 1. The Labute approximate surface area is 112 Å². The number of ether oxygens (including phenoxy) is 1. The summed E-state index contributed by atoms with van der Waals surface area (Å²) in [6.07, 6.45) is 0. The van der Waals surface area contributed by atoms with Gasteiger partial charge in [-0.05, 0) is 12.1 Å². The number of fused-ring (bicyclic) bond motifs is 1. The number of aromatic amines is 2. The predicted molar refractivity (Wildman–Crippen MR) is 73.7 cm³/mol. The Morgan fingerprint density at radius 3 is 2.75 bits per heavy atom. The van der Waals surface area contributed by atoms with Crippen LogP contribution in [0.4, 0.5) is 5.69 Å². The Morgan fingerprint density at radius 2 is 2.00 bits per heavy atom. The number of hydrogen-bond acceptors (Lipinski definition) is 5. The maximum atomic E-state index is 11.8. The highest BCUT2D eigenvalue weighted by molar-refractivity contribution is 6.01. The summed E-state index contributed by atoms with van der Waals surface area (Å²) >= 11 is 0. The molecular weight excluding hydrogens is 264 g/mol. The Bertz CT molecular complexity index is 734. The van der Waals surface area contributed by atoms with Crippen LogP contribution in [0.1, 0.15) is 0 Å². The highest BCUT2D eigenvalue weighted by atomic mass is 16.5. The summed E-state index contributed by atoms with van der Waals surface area (Å²) in [6, 6.07) is 4.62. The fourth-order valence-corrected chi connectivity index (χ4v) is 1.77. The van der Waals surface area contributed by atoms with E-state index >= 15 is 0 Å². The van der Waals surface area contributed by atoms with Crippen LogP contribution in [0.2, 0.25) is 0 Å². The number of hydrogen-bond donors (Lipinski definition) is 4. The van der Waals surface area contributed by atoms with Gasteiger partial charge in [0.25, 0.3) is 11.1 Å². The standard InChI is InChI=1S/C12H14N4O4/c13-4-5-20-6-9(17)14-8-3-1-2-7-10(8)12(19)16-15-11(7)18/h1-3H,4-6,13H2,(H,14,17)(H,15,18)(H,16,19). The van der Waals surface area contributed by atoms with Crippen LogP contribution in [0.15, 0.2) is 27.8 Å². The molecule has 0 atom stereocenters. The highest BCUT2D eigenvalue weighted by Gasteiger charge is 2.10. The number of rotatable bonds is 5. The second kappa shape index (κ2) is 6.13. The van der Waals surface area contributed by atoms with E-state index in [2.05, 4.69) is 15.5 Å². The molecule has 8 nitrogen and oxygen atoms in total. The maximum Gasteiger partial charge on any atom is 0.272 e. The molecule has 0 unspecified atom stereocenters. The van der Waals surface area contributed by atoms with Crippen LogP contribution in [-0.4, -0.2) is 35.9 Å². The summed E-state index contributed by atoms with van der Waals surface area (Å²) in [5.41, 5.74) is 4.58. The third-order valence-corrected chi connectivity index (χ3v) is 2.60. The third-order valence-electron chi connectivity index (χ3n) is 2.60. The van der Waals surface area contributed by atoms with Gasteiger partial charge in [0.1, 0.15) is 6.61 Å². The van der Waals surface area contributed by atoms with Crippen molar-refractivity contribution in [1.29, 1.82) is 0 Å². The lowest BCUT2D eigenvalue weighted by Crippen LogP contribution is -2.24. The first kappa shape index (κ1) is 14.0. The van der Waals surface area contributed by atoms with Crippen LogP contribution in [0.3, 0.4) is 0 Å². The van der Waals surface area contributed by atoms with Crippen molar-refractivity contribution >= 4 is 22.4 Å². The Hall–Kier alpha value is -2.45. The largest absolute Gasteiger partial charge is 0.370 e. The molecule has 1 aromatic carbocycles. The van der Waals surface area contributed by atoms with Crippen molar-refractivity contribution in [3.8, 4) is 0 Å². The van der Waals surface area contributed by atoms with E-state index in [9.17, 15) is 14.4 Å². The van der Waals surface area contributed by atoms with E-state index in [0.29, 0.717) is 6.54 Å². The number of aromatic nitrogens is 2. The molecule has 1 aromatic heterocycles. The molecule has 0 bridgehead atoms. The molecule has 0 radical (unpaired) electrons. The highest BCUT2D eigenvalue weighted by Crippen LogP contribution is 2.16. The number of nitrogens with two attached hydrogens (primary N) is 1. The quantitative estimate of drug-likeness (QED) is 0.528. The molecule has 20 heavy (non-hydrogen) atoms. The van der Waals surface area contributed by atoms with E-state index in [1.807, 2.05) is 0 Å². The zero-order chi connectivity index (χ0) is 14.5. The van der Waals surface area contributed by atoms with Crippen LogP contribution in [0, 0.1) is 0 Å². The van der Waals surface area contributed by atoms with Gasteiger partial charge >= 0.3 is 0 Å². The van der Waals surface area contributed by atoms with Gasteiger partial charge in [-0.15, -0.1) is 0 Å². The molecule has 0 aliphatic carbocycles. The SMILES string of the molecule is NCCOCC(=O)Nc1cccc2c(=O)[nH][nH]c(=O)c12. The normalized spacial score (nSPS) is 10.7. The first-order chi connectivity index (χ1) is 9.63. The first-order valence-corrected chi connectivity index (χ1v) is 5.95. The molecule has 0 aliphatic rings. The smallest absolute Gasteiger partial charge is 0.272 e. The summed E-state index contributed by atoms with van der Waals surface area (Å²) in [6.45, 7) is 0.411.